The molecule has 1 atom stereocenters. The van der Waals surface area contributed by atoms with E-state index < -0.39 is 0 Å². The Bertz CT molecular complexity index is 390. The smallest absolute Gasteiger partial charge is 0.126 e. The van der Waals surface area contributed by atoms with Crippen LogP contribution in [-0.4, -0.2) is 19.8 Å². The Labute approximate surface area is 110 Å². The van der Waals surface area contributed by atoms with Gasteiger partial charge in [0, 0.05) is 13.2 Å². The van der Waals surface area contributed by atoms with Gasteiger partial charge in [-0.05, 0) is 57.9 Å². The standard InChI is InChI=1S/C15H24FNO/c1-11-6-7-12(10-13(11)16)14(17-4)8-9-15(2,3)18-5/h6-7,10,14,17H,8-9H2,1-5H3. The van der Waals surface area contributed by atoms with Crippen LogP contribution in [0.4, 0.5) is 4.39 Å². The SMILES string of the molecule is CNC(CCC(C)(C)OC)c1ccc(C)c(F)c1. The highest BCUT2D eigenvalue weighted by molar-refractivity contribution is 5.25. The summed E-state index contributed by atoms with van der Waals surface area (Å²) in [6.07, 6.45) is 1.84. The quantitative estimate of drug-likeness (QED) is 0.836. The molecule has 0 saturated heterocycles. The van der Waals surface area contributed by atoms with E-state index in [0.717, 1.165) is 18.4 Å². The molecular weight excluding hydrogens is 229 g/mol. The molecule has 0 spiro atoms. The van der Waals surface area contributed by atoms with Gasteiger partial charge in [0.25, 0.3) is 0 Å². The monoisotopic (exact) mass is 253 g/mol. The summed E-state index contributed by atoms with van der Waals surface area (Å²) >= 11 is 0. The van der Waals surface area contributed by atoms with Crippen LogP contribution in [0.1, 0.15) is 43.9 Å². The predicted molar refractivity (Wildman–Crippen MR) is 73.3 cm³/mol. The van der Waals surface area contributed by atoms with Crippen molar-refractivity contribution in [2.24, 2.45) is 0 Å². The zero-order valence-electron chi connectivity index (χ0n) is 12.0. The van der Waals surface area contributed by atoms with Gasteiger partial charge in [0.1, 0.15) is 5.82 Å². The minimum Gasteiger partial charge on any atom is -0.379 e. The lowest BCUT2D eigenvalue weighted by molar-refractivity contribution is 0.0118. The molecule has 102 valence electrons. The lowest BCUT2D eigenvalue weighted by Gasteiger charge is -2.26. The molecule has 0 aliphatic heterocycles. The molecule has 0 aliphatic carbocycles. The van der Waals surface area contributed by atoms with E-state index in [1.807, 2.05) is 19.2 Å². The fraction of sp³-hybridized carbons (Fsp3) is 0.600. The van der Waals surface area contributed by atoms with Crippen molar-refractivity contribution in [1.29, 1.82) is 0 Å². The Hall–Kier alpha value is -0.930. The number of methoxy groups -OCH3 is 1. The van der Waals surface area contributed by atoms with E-state index >= 15 is 0 Å². The molecule has 0 fully saturated rings. The van der Waals surface area contributed by atoms with Gasteiger partial charge in [-0.15, -0.1) is 0 Å². The van der Waals surface area contributed by atoms with Crippen LogP contribution in [0.2, 0.25) is 0 Å². The molecule has 1 N–H and O–H groups in total. The number of halogens is 1. The minimum absolute atomic E-state index is 0.140. The third-order valence-corrected chi connectivity index (χ3v) is 3.53. The largest absolute Gasteiger partial charge is 0.379 e. The summed E-state index contributed by atoms with van der Waals surface area (Å²) in [5.41, 5.74) is 1.54. The maximum absolute atomic E-state index is 13.6. The molecule has 1 unspecified atom stereocenters. The summed E-state index contributed by atoms with van der Waals surface area (Å²) in [4.78, 5) is 0. The molecule has 0 amide bonds. The van der Waals surface area contributed by atoms with Crippen LogP contribution in [0.15, 0.2) is 18.2 Å². The topological polar surface area (TPSA) is 21.3 Å². The van der Waals surface area contributed by atoms with E-state index in [1.54, 1.807) is 20.1 Å². The Balaban J connectivity index is 2.74. The summed E-state index contributed by atoms with van der Waals surface area (Å²) in [5.74, 6) is -0.140. The second-order valence-corrected chi connectivity index (χ2v) is 5.35. The van der Waals surface area contributed by atoms with E-state index in [-0.39, 0.29) is 17.5 Å². The van der Waals surface area contributed by atoms with Gasteiger partial charge in [0.05, 0.1) is 5.60 Å². The fourth-order valence-electron chi connectivity index (χ4n) is 1.90. The summed E-state index contributed by atoms with van der Waals surface area (Å²) < 4.78 is 19.0. The van der Waals surface area contributed by atoms with Crippen molar-refractivity contribution in [3.8, 4) is 0 Å². The van der Waals surface area contributed by atoms with Crippen LogP contribution in [-0.2, 0) is 4.74 Å². The molecule has 18 heavy (non-hydrogen) atoms. The molecule has 2 nitrogen and oxygen atoms in total. The first-order valence-corrected chi connectivity index (χ1v) is 6.38. The van der Waals surface area contributed by atoms with E-state index in [4.69, 9.17) is 4.74 Å². The Morgan fingerprint density at radius 3 is 2.56 bits per heavy atom. The molecule has 0 aliphatic rings. The van der Waals surface area contributed by atoms with Crippen molar-refractivity contribution in [2.75, 3.05) is 14.2 Å². The summed E-state index contributed by atoms with van der Waals surface area (Å²) in [5, 5.41) is 3.24. The predicted octanol–water partition coefficient (Wildman–Crippen LogP) is 3.60. The number of hydrogen-bond donors (Lipinski definition) is 1. The maximum Gasteiger partial charge on any atom is 0.126 e. The molecule has 0 bridgehead atoms. The normalized spacial score (nSPS) is 13.7. The second-order valence-electron chi connectivity index (χ2n) is 5.35. The number of rotatable bonds is 6. The summed E-state index contributed by atoms with van der Waals surface area (Å²) in [6, 6.07) is 5.60. The first-order chi connectivity index (χ1) is 8.39. The van der Waals surface area contributed by atoms with Gasteiger partial charge in [0.2, 0.25) is 0 Å². The van der Waals surface area contributed by atoms with Crippen molar-refractivity contribution in [3.63, 3.8) is 0 Å². The highest BCUT2D eigenvalue weighted by Crippen LogP contribution is 2.25. The summed E-state index contributed by atoms with van der Waals surface area (Å²) in [7, 11) is 3.63. The number of ether oxygens (including phenoxy) is 1. The van der Waals surface area contributed by atoms with Crippen LogP contribution >= 0.6 is 0 Å². The third-order valence-electron chi connectivity index (χ3n) is 3.53. The van der Waals surface area contributed by atoms with E-state index in [1.165, 1.54) is 0 Å². The molecule has 1 aromatic carbocycles. The average Bonchev–Trinajstić information content (AvgIpc) is 2.34. The first-order valence-electron chi connectivity index (χ1n) is 6.38. The van der Waals surface area contributed by atoms with E-state index in [0.29, 0.717) is 5.56 Å². The molecule has 3 heteroatoms. The van der Waals surface area contributed by atoms with Crippen molar-refractivity contribution >= 4 is 0 Å². The van der Waals surface area contributed by atoms with Crippen molar-refractivity contribution in [2.45, 2.75) is 45.3 Å². The van der Waals surface area contributed by atoms with Crippen molar-refractivity contribution < 1.29 is 9.13 Å². The molecule has 0 saturated carbocycles. The van der Waals surface area contributed by atoms with Crippen molar-refractivity contribution in [1.82, 2.24) is 5.32 Å². The van der Waals surface area contributed by atoms with E-state index in [9.17, 15) is 4.39 Å². The molecule has 0 heterocycles. The number of benzene rings is 1. The van der Waals surface area contributed by atoms with Gasteiger partial charge in [-0.1, -0.05) is 12.1 Å². The Morgan fingerprint density at radius 2 is 2.06 bits per heavy atom. The number of hydrogen-bond acceptors (Lipinski definition) is 2. The minimum atomic E-state index is -0.141. The van der Waals surface area contributed by atoms with Gasteiger partial charge in [0.15, 0.2) is 0 Å². The number of nitrogens with one attached hydrogen (secondary N) is 1. The van der Waals surface area contributed by atoms with Crippen molar-refractivity contribution in [3.05, 3.63) is 35.1 Å². The van der Waals surface area contributed by atoms with E-state index in [2.05, 4.69) is 19.2 Å². The summed E-state index contributed by atoms with van der Waals surface area (Å²) in [6.45, 7) is 5.91. The van der Waals surface area contributed by atoms with Gasteiger partial charge < -0.3 is 10.1 Å². The van der Waals surface area contributed by atoms with Gasteiger partial charge in [-0.25, -0.2) is 4.39 Å². The van der Waals surface area contributed by atoms with Crippen LogP contribution in [0, 0.1) is 12.7 Å². The molecular formula is C15H24FNO. The maximum atomic E-state index is 13.6. The molecule has 1 aromatic rings. The lowest BCUT2D eigenvalue weighted by Crippen LogP contribution is -2.26. The first kappa shape index (κ1) is 15.1. The molecule has 0 aromatic heterocycles. The molecule has 0 radical (unpaired) electrons. The Kier molecular flexibility index (Phi) is 5.29. The van der Waals surface area contributed by atoms with Crippen LogP contribution in [0.3, 0.4) is 0 Å². The number of aryl methyl sites for hydroxylation is 1. The van der Waals surface area contributed by atoms with Gasteiger partial charge >= 0.3 is 0 Å². The average molecular weight is 253 g/mol. The second kappa shape index (κ2) is 6.30. The Morgan fingerprint density at radius 1 is 1.39 bits per heavy atom. The fourth-order valence-corrected chi connectivity index (χ4v) is 1.90. The zero-order valence-corrected chi connectivity index (χ0v) is 12.0. The highest BCUT2D eigenvalue weighted by atomic mass is 19.1. The molecule has 1 rings (SSSR count). The zero-order chi connectivity index (χ0) is 13.8. The van der Waals surface area contributed by atoms with Crippen LogP contribution < -0.4 is 5.32 Å². The van der Waals surface area contributed by atoms with Gasteiger partial charge in [-0.2, -0.15) is 0 Å². The lowest BCUT2D eigenvalue weighted by atomic mass is 9.94. The third kappa shape index (κ3) is 4.07. The highest BCUT2D eigenvalue weighted by Gasteiger charge is 2.19. The van der Waals surface area contributed by atoms with Crippen LogP contribution in [0.5, 0.6) is 0 Å². The van der Waals surface area contributed by atoms with Gasteiger partial charge in [-0.3, -0.25) is 0 Å². The van der Waals surface area contributed by atoms with Crippen LogP contribution in [0.25, 0.3) is 0 Å².